The van der Waals surface area contributed by atoms with E-state index in [1.54, 1.807) is 0 Å². The maximum atomic E-state index is 12.8. The topological polar surface area (TPSA) is 44.8 Å². The monoisotopic (exact) mass is 379 g/mol. The number of carbonyl (C=O) groups excluding carboxylic acids is 1. The number of rotatable bonds is 5. The first-order valence-electron chi connectivity index (χ1n) is 10.3. The summed E-state index contributed by atoms with van der Waals surface area (Å²) in [7, 11) is 0. The molecule has 2 saturated heterocycles. The van der Waals surface area contributed by atoms with Gasteiger partial charge in [0.15, 0.2) is 0 Å². The molecular weight excluding hydrogens is 350 g/mol. The number of morpholine rings is 1. The van der Waals surface area contributed by atoms with Gasteiger partial charge >= 0.3 is 0 Å². The van der Waals surface area contributed by atoms with Gasteiger partial charge in [-0.3, -0.25) is 9.69 Å². The van der Waals surface area contributed by atoms with Gasteiger partial charge in [-0.25, -0.2) is 0 Å². The number of ether oxygens (including phenoxy) is 1. The summed E-state index contributed by atoms with van der Waals surface area (Å²) in [6.45, 7) is 6.46. The van der Waals surface area contributed by atoms with E-state index in [4.69, 9.17) is 4.74 Å². The molecule has 2 heterocycles. The minimum Gasteiger partial charge on any atom is -0.379 e. The Morgan fingerprint density at radius 3 is 2.36 bits per heavy atom. The molecule has 5 heteroatoms. The van der Waals surface area contributed by atoms with E-state index in [0.29, 0.717) is 5.56 Å². The maximum Gasteiger partial charge on any atom is 0.255 e. The Labute approximate surface area is 167 Å². The summed E-state index contributed by atoms with van der Waals surface area (Å²) in [5.41, 5.74) is 3.94. The number of para-hydroxylation sites is 1. The highest BCUT2D eigenvalue weighted by Gasteiger charge is 2.15. The lowest BCUT2D eigenvalue weighted by atomic mass is 10.1. The second-order valence-corrected chi connectivity index (χ2v) is 7.59. The predicted octanol–water partition coefficient (Wildman–Crippen LogP) is 3.76. The van der Waals surface area contributed by atoms with Crippen LogP contribution in [0, 0.1) is 0 Å². The standard InChI is InChI=1S/C23H29N3O2/c27-23(19-8-10-21(11-9-19)26-12-4-1-5-13-26)24-22-7-3-2-6-20(22)18-25-14-16-28-17-15-25/h2-3,6-11H,1,4-5,12-18H2,(H,24,27). The summed E-state index contributed by atoms with van der Waals surface area (Å²) < 4.78 is 5.43. The van der Waals surface area contributed by atoms with E-state index in [1.165, 1.54) is 24.9 Å². The van der Waals surface area contributed by atoms with Crippen molar-refractivity contribution >= 4 is 17.3 Å². The molecule has 0 saturated carbocycles. The van der Waals surface area contributed by atoms with Crippen molar-refractivity contribution in [2.45, 2.75) is 25.8 Å². The van der Waals surface area contributed by atoms with Crippen molar-refractivity contribution in [3.8, 4) is 0 Å². The van der Waals surface area contributed by atoms with Crippen LogP contribution < -0.4 is 10.2 Å². The highest BCUT2D eigenvalue weighted by atomic mass is 16.5. The van der Waals surface area contributed by atoms with E-state index in [2.05, 4.69) is 33.3 Å². The fourth-order valence-electron chi connectivity index (χ4n) is 3.95. The number of nitrogens with one attached hydrogen (secondary N) is 1. The fourth-order valence-corrected chi connectivity index (χ4v) is 3.95. The van der Waals surface area contributed by atoms with Crippen LogP contribution in [0.15, 0.2) is 48.5 Å². The predicted molar refractivity (Wildman–Crippen MR) is 113 cm³/mol. The zero-order valence-corrected chi connectivity index (χ0v) is 16.4. The summed E-state index contributed by atoms with van der Waals surface area (Å²) in [4.78, 5) is 17.6. The van der Waals surface area contributed by atoms with Gasteiger partial charge in [0.25, 0.3) is 5.91 Å². The van der Waals surface area contributed by atoms with Gasteiger partial charge < -0.3 is 15.0 Å². The number of nitrogens with zero attached hydrogens (tertiary/aromatic N) is 2. The van der Waals surface area contributed by atoms with Crippen molar-refractivity contribution in [2.75, 3.05) is 49.6 Å². The molecule has 5 nitrogen and oxygen atoms in total. The van der Waals surface area contributed by atoms with E-state index < -0.39 is 0 Å². The fraction of sp³-hybridized carbons (Fsp3) is 0.435. The van der Waals surface area contributed by atoms with Crippen molar-refractivity contribution in [3.05, 3.63) is 59.7 Å². The van der Waals surface area contributed by atoms with Gasteiger partial charge in [-0.15, -0.1) is 0 Å². The molecule has 1 N–H and O–H groups in total. The van der Waals surface area contributed by atoms with Crippen LogP contribution in [0.25, 0.3) is 0 Å². The molecular formula is C23H29N3O2. The summed E-state index contributed by atoms with van der Waals surface area (Å²) in [5.74, 6) is -0.0559. The van der Waals surface area contributed by atoms with Gasteiger partial charge in [-0.05, 0) is 55.2 Å². The van der Waals surface area contributed by atoms with Crippen LogP contribution in [-0.4, -0.2) is 50.2 Å². The molecule has 0 spiro atoms. The summed E-state index contributed by atoms with van der Waals surface area (Å²) in [6, 6.07) is 16.1. The molecule has 1 amide bonds. The number of hydrogen-bond acceptors (Lipinski definition) is 4. The molecule has 4 rings (SSSR count). The van der Waals surface area contributed by atoms with Crippen LogP contribution in [0.2, 0.25) is 0 Å². The average molecular weight is 380 g/mol. The maximum absolute atomic E-state index is 12.8. The van der Waals surface area contributed by atoms with Gasteiger partial charge in [-0.1, -0.05) is 18.2 Å². The second-order valence-electron chi connectivity index (χ2n) is 7.59. The molecule has 0 bridgehead atoms. The second kappa shape index (κ2) is 9.22. The van der Waals surface area contributed by atoms with Crippen LogP contribution in [0.1, 0.15) is 35.2 Å². The number of hydrogen-bond donors (Lipinski definition) is 1. The third-order valence-electron chi connectivity index (χ3n) is 5.61. The van der Waals surface area contributed by atoms with E-state index in [1.807, 2.05) is 30.3 Å². The van der Waals surface area contributed by atoms with Gasteiger partial charge in [0.2, 0.25) is 0 Å². The first-order chi connectivity index (χ1) is 13.8. The van der Waals surface area contributed by atoms with Crippen LogP contribution >= 0.6 is 0 Å². The van der Waals surface area contributed by atoms with Crippen molar-refractivity contribution in [1.29, 1.82) is 0 Å². The molecule has 0 aliphatic carbocycles. The summed E-state index contributed by atoms with van der Waals surface area (Å²) >= 11 is 0. The quantitative estimate of drug-likeness (QED) is 0.859. The van der Waals surface area contributed by atoms with Crippen LogP contribution in [0.3, 0.4) is 0 Å². The lowest BCUT2D eigenvalue weighted by molar-refractivity contribution is 0.0342. The van der Waals surface area contributed by atoms with E-state index in [0.717, 1.165) is 57.2 Å². The molecule has 0 radical (unpaired) electrons. The van der Waals surface area contributed by atoms with Crippen molar-refractivity contribution < 1.29 is 9.53 Å². The normalized spacial score (nSPS) is 18.1. The van der Waals surface area contributed by atoms with Crippen molar-refractivity contribution in [3.63, 3.8) is 0 Å². The lowest BCUT2D eigenvalue weighted by Crippen LogP contribution is -2.35. The number of amides is 1. The van der Waals surface area contributed by atoms with E-state index >= 15 is 0 Å². The highest BCUT2D eigenvalue weighted by Crippen LogP contribution is 2.22. The Bertz CT molecular complexity index is 779. The van der Waals surface area contributed by atoms with Crippen molar-refractivity contribution in [1.82, 2.24) is 4.90 Å². The largest absolute Gasteiger partial charge is 0.379 e. The van der Waals surface area contributed by atoms with Gasteiger partial charge in [0.1, 0.15) is 0 Å². The molecule has 2 aromatic carbocycles. The van der Waals surface area contributed by atoms with Crippen LogP contribution in [-0.2, 0) is 11.3 Å². The van der Waals surface area contributed by atoms with Crippen LogP contribution in [0.5, 0.6) is 0 Å². The number of anilines is 2. The van der Waals surface area contributed by atoms with E-state index in [-0.39, 0.29) is 5.91 Å². The lowest BCUT2D eigenvalue weighted by Gasteiger charge is -2.28. The summed E-state index contributed by atoms with van der Waals surface area (Å²) in [6.07, 6.45) is 3.82. The van der Waals surface area contributed by atoms with Crippen molar-refractivity contribution in [2.24, 2.45) is 0 Å². The van der Waals surface area contributed by atoms with Crippen LogP contribution in [0.4, 0.5) is 11.4 Å². The molecule has 28 heavy (non-hydrogen) atoms. The zero-order chi connectivity index (χ0) is 19.2. The minimum atomic E-state index is -0.0559. The van der Waals surface area contributed by atoms with E-state index in [9.17, 15) is 4.79 Å². The Hall–Kier alpha value is -2.37. The molecule has 2 fully saturated rings. The SMILES string of the molecule is O=C(Nc1ccccc1CN1CCOCC1)c1ccc(N2CCCCC2)cc1. The average Bonchev–Trinajstić information content (AvgIpc) is 2.76. The Morgan fingerprint density at radius 2 is 1.61 bits per heavy atom. The Kier molecular flexibility index (Phi) is 6.24. The molecule has 148 valence electrons. The Balaban J connectivity index is 1.41. The summed E-state index contributed by atoms with van der Waals surface area (Å²) in [5, 5.41) is 3.10. The number of carbonyl (C=O) groups is 1. The zero-order valence-electron chi connectivity index (χ0n) is 16.4. The molecule has 2 aliphatic rings. The first kappa shape index (κ1) is 19.0. The number of piperidine rings is 1. The van der Waals surface area contributed by atoms with Gasteiger partial charge in [-0.2, -0.15) is 0 Å². The minimum absolute atomic E-state index is 0.0559. The molecule has 2 aromatic rings. The number of benzene rings is 2. The van der Waals surface area contributed by atoms with Gasteiger partial charge in [0.05, 0.1) is 13.2 Å². The highest BCUT2D eigenvalue weighted by molar-refractivity contribution is 6.04. The molecule has 0 atom stereocenters. The Morgan fingerprint density at radius 1 is 0.893 bits per heavy atom. The first-order valence-corrected chi connectivity index (χ1v) is 10.3. The molecule has 0 unspecified atom stereocenters. The molecule has 2 aliphatic heterocycles. The molecule has 0 aromatic heterocycles. The van der Waals surface area contributed by atoms with Gasteiger partial charge in [0, 0.05) is 49.7 Å². The third kappa shape index (κ3) is 4.72. The third-order valence-corrected chi connectivity index (χ3v) is 5.61. The smallest absolute Gasteiger partial charge is 0.255 e.